The van der Waals surface area contributed by atoms with Crippen LogP contribution in [-0.4, -0.2) is 47.1 Å². The lowest BCUT2D eigenvalue weighted by Crippen LogP contribution is -2.60. The number of nitrogens with zero attached hydrogens (tertiary/aromatic N) is 2. The minimum Gasteiger partial charge on any atom is -0.465 e. The number of amidine groups is 1. The molecule has 12 heteroatoms. The molecular weight excluding hydrogens is 539 g/mol. The zero-order chi connectivity index (χ0) is 24.9. The number of nitrogens with one attached hydrogen (secondary N) is 1. The van der Waals surface area contributed by atoms with Gasteiger partial charge in [-0.3, -0.25) is 15.3 Å². The molecule has 2 aromatic rings. The minimum atomic E-state index is -4.29. The van der Waals surface area contributed by atoms with Crippen molar-refractivity contribution in [3.8, 4) is 0 Å². The van der Waals surface area contributed by atoms with Crippen LogP contribution in [0.3, 0.4) is 0 Å². The number of halogens is 4. The molecule has 1 amide bonds. The third-order valence-electron chi connectivity index (χ3n) is 6.37. The van der Waals surface area contributed by atoms with E-state index in [2.05, 4.69) is 25.9 Å². The Bertz CT molecular complexity index is 1330. The van der Waals surface area contributed by atoms with Crippen molar-refractivity contribution in [1.29, 1.82) is 0 Å². The molecule has 3 atom stereocenters. The zero-order valence-corrected chi connectivity index (χ0v) is 20.1. The maximum atomic E-state index is 15.0. The standard InChI is InChI=1S/C22H19BrF3N3O4S/c1-21(18-6-7-22(11-24,34(18,32)33)19(29-21)28-20(30)31)14-8-12(2-4-15(14)25)9-16(26)17-5-3-13(23)10-27-17/h2-5,8-10,18H,6-7,11H2,1H3,(H,28,29)(H,30,31)/b16-9-/t18-,21+,22-/m0/s1. The summed E-state index contributed by atoms with van der Waals surface area (Å²) in [5.41, 5.74) is -1.70. The molecule has 0 spiro atoms. The molecular formula is C22H19BrF3N3O4S. The Morgan fingerprint density at radius 3 is 2.71 bits per heavy atom. The van der Waals surface area contributed by atoms with E-state index in [4.69, 9.17) is 0 Å². The number of sulfone groups is 1. The fraction of sp³-hybridized carbons (Fsp3) is 0.318. The molecule has 7 nitrogen and oxygen atoms in total. The van der Waals surface area contributed by atoms with Gasteiger partial charge in [0.25, 0.3) is 0 Å². The summed E-state index contributed by atoms with van der Waals surface area (Å²) in [6.07, 6.45) is 0.663. The minimum absolute atomic E-state index is 0.0371. The summed E-state index contributed by atoms with van der Waals surface area (Å²) in [5, 5.41) is 9.82. The van der Waals surface area contributed by atoms with Crippen molar-refractivity contribution in [2.45, 2.75) is 35.3 Å². The second-order valence-corrected chi connectivity index (χ2v) is 11.7. The first kappa shape index (κ1) is 24.4. The van der Waals surface area contributed by atoms with Gasteiger partial charge >= 0.3 is 6.09 Å². The van der Waals surface area contributed by atoms with E-state index >= 15 is 4.39 Å². The second-order valence-electron chi connectivity index (χ2n) is 8.33. The van der Waals surface area contributed by atoms with Gasteiger partial charge in [-0.2, -0.15) is 0 Å². The number of benzene rings is 1. The molecule has 2 N–H and O–H groups in total. The predicted molar refractivity (Wildman–Crippen MR) is 124 cm³/mol. The van der Waals surface area contributed by atoms with Crippen LogP contribution in [0.5, 0.6) is 0 Å². The third-order valence-corrected chi connectivity index (χ3v) is 9.88. The summed E-state index contributed by atoms with van der Waals surface area (Å²) in [6, 6.07) is 6.65. The van der Waals surface area contributed by atoms with Crippen molar-refractivity contribution in [2.24, 2.45) is 4.99 Å². The van der Waals surface area contributed by atoms with Crippen molar-refractivity contribution in [3.63, 3.8) is 0 Å². The number of pyridine rings is 1. The number of fused-ring (bicyclic) bond motifs is 2. The van der Waals surface area contributed by atoms with Crippen LogP contribution in [-0.2, 0) is 15.4 Å². The van der Waals surface area contributed by atoms with Crippen molar-refractivity contribution in [2.75, 3.05) is 6.67 Å². The van der Waals surface area contributed by atoms with E-state index in [1.807, 2.05) is 5.32 Å². The highest BCUT2D eigenvalue weighted by Gasteiger charge is 2.66. The average Bonchev–Trinajstić information content (AvgIpc) is 2.97. The molecule has 1 aromatic carbocycles. The van der Waals surface area contributed by atoms with Gasteiger partial charge in [0.15, 0.2) is 14.6 Å². The molecule has 2 aliphatic heterocycles. The fourth-order valence-electron chi connectivity index (χ4n) is 4.62. The van der Waals surface area contributed by atoms with Gasteiger partial charge in [-0.25, -0.2) is 26.4 Å². The molecule has 1 saturated heterocycles. The number of aromatic nitrogens is 1. The van der Waals surface area contributed by atoms with Crippen LogP contribution < -0.4 is 5.32 Å². The highest BCUT2D eigenvalue weighted by atomic mass is 79.9. The van der Waals surface area contributed by atoms with E-state index in [1.54, 1.807) is 6.07 Å². The summed E-state index contributed by atoms with van der Waals surface area (Å²) in [4.78, 5) is 19.5. The number of rotatable bonds is 4. The molecule has 2 bridgehead atoms. The molecule has 1 fully saturated rings. The number of aliphatic imine (C=N–C) groups is 1. The van der Waals surface area contributed by atoms with Crippen molar-refractivity contribution < 1.29 is 31.5 Å². The topological polar surface area (TPSA) is 109 Å². The number of carbonyl (C=O) groups is 1. The van der Waals surface area contributed by atoms with Crippen LogP contribution in [0.15, 0.2) is 46.0 Å². The van der Waals surface area contributed by atoms with Crippen molar-refractivity contribution in [3.05, 3.63) is 63.6 Å². The van der Waals surface area contributed by atoms with E-state index in [-0.39, 0.29) is 29.7 Å². The summed E-state index contributed by atoms with van der Waals surface area (Å²) in [6.45, 7) is -0.0115. The molecule has 34 heavy (non-hydrogen) atoms. The zero-order valence-electron chi connectivity index (χ0n) is 17.7. The van der Waals surface area contributed by atoms with E-state index < -0.39 is 55.6 Å². The first-order chi connectivity index (χ1) is 15.9. The Balaban J connectivity index is 1.86. The molecule has 0 radical (unpaired) electrons. The number of alkyl halides is 1. The van der Waals surface area contributed by atoms with Crippen LogP contribution in [0.4, 0.5) is 18.0 Å². The van der Waals surface area contributed by atoms with Gasteiger partial charge < -0.3 is 5.11 Å². The highest BCUT2D eigenvalue weighted by molar-refractivity contribution is 9.10. The molecule has 3 heterocycles. The average molecular weight is 558 g/mol. The summed E-state index contributed by atoms with van der Waals surface area (Å²) >= 11 is 3.21. The maximum absolute atomic E-state index is 15.0. The Kier molecular flexibility index (Phi) is 6.09. The molecule has 4 rings (SSSR count). The van der Waals surface area contributed by atoms with Crippen LogP contribution in [0.1, 0.15) is 36.6 Å². The van der Waals surface area contributed by atoms with Gasteiger partial charge in [0.05, 0.1) is 10.9 Å². The van der Waals surface area contributed by atoms with Crippen molar-refractivity contribution >= 4 is 49.6 Å². The smallest absolute Gasteiger partial charge is 0.410 e. The molecule has 0 unspecified atom stereocenters. The van der Waals surface area contributed by atoms with Gasteiger partial charge in [0.2, 0.25) is 0 Å². The monoisotopic (exact) mass is 557 g/mol. The summed E-state index contributed by atoms with van der Waals surface area (Å²) in [7, 11) is -4.29. The summed E-state index contributed by atoms with van der Waals surface area (Å²) < 4.78 is 69.0. The Morgan fingerprint density at radius 1 is 1.35 bits per heavy atom. The van der Waals surface area contributed by atoms with E-state index in [1.165, 1.54) is 31.3 Å². The Morgan fingerprint density at radius 2 is 2.09 bits per heavy atom. The van der Waals surface area contributed by atoms with E-state index in [0.29, 0.717) is 4.47 Å². The first-order valence-corrected chi connectivity index (χ1v) is 12.5. The third kappa shape index (κ3) is 3.72. The van der Waals surface area contributed by atoms with Crippen molar-refractivity contribution in [1.82, 2.24) is 10.3 Å². The fourth-order valence-corrected chi connectivity index (χ4v) is 7.53. The lowest BCUT2D eigenvalue weighted by atomic mass is 9.86. The van der Waals surface area contributed by atoms with Gasteiger partial charge in [0, 0.05) is 16.2 Å². The number of amides is 1. The lowest BCUT2D eigenvalue weighted by Gasteiger charge is -2.40. The Labute approximate surface area is 201 Å². The van der Waals surface area contributed by atoms with Gasteiger partial charge in [-0.1, -0.05) is 6.07 Å². The van der Waals surface area contributed by atoms with Gasteiger partial charge in [-0.05, 0) is 71.6 Å². The van der Waals surface area contributed by atoms with Gasteiger partial charge in [0.1, 0.15) is 29.7 Å². The Hall–Kier alpha value is -2.73. The lowest BCUT2D eigenvalue weighted by molar-refractivity contribution is 0.199. The first-order valence-electron chi connectivity index (χ1n) is 10.1. The number of carboxylic acid groups (broad SMARTS) is 1. The number of hydrogen-bond acceptors (Lipinski definition) is 5. The predicted octanol–water partition coefficient (Wildman–Crippen LogP) is 4.63. The SMILES string of the molecule is C[C@]1(c2cc(/C=C(\F)c3ccc(Br)cn3)ccc2F)N=C(NC(=O)O)[C@@]2(CF)CC[C@@H]1S2(=O)=O. The second kappa shape index (κ2) is 8.49. The highest BCUT2D eigenvalue weighted by Crippen LogP contribution is 2.52. The van der Waals surface area contributed by atoms with Crippen LogP contribution >= 0.6 is 15.9 Å². The van der Waals surface area contributed by atoms with Crippen LogP contribution in [0.25, 0.3) is 11.9 Å². The normalized spacial score (nSPS) is 27.9. The van der Waals surface area contributed by atoms with Gasteiger partial charge in [-0.15, -0.1) is 0 Å². The van der Waals surface area contributed by atoms with E-state index in [0.717, 1.165) is 12.1 Å². The van der Waals surface area contributed by atoms with E-state index in [9.17, 15) is 27.1 Å². The largest absolute Gasteiger partial charge is 0.465 e. The number of hydrogen-bond donors (Lipinski definition) is 2. The molecule has 0 aliphatic carbocycles. The quantitative estimate of drug-likeness (QED) is 0.569. The van der Waals surface area contributed by atoms with Crippen LogP contribution in [0.2, 0.25) is 0 Å². The van der Waals surface area contributed by atoms with Crippen LogP contribution in [0, 0.1) is 5.82 Å². The maximum Gasteiger partial charge on any atom is 0.410 e. The molecule has 2 aliphatic rings. The summed E-state index contributed by atoms with van der Waals surface area (Å²) in [5.74, 6) is -2.10. The molecule has 0 saturated carbocycles. The molecule has 180 valence electrons. The molecule has 1 aromatic heterocycles.